The van der Waals surface area contributed by atoms with Crippen LogP contribution in [-0.2, 0) is 6.54 Å². The van der Waals surface area contributed by atoms with Crippen molar-refractivity contribution >= 4 is 5.96 Å². The minimum Gasteiger partial charge on any atom is -0.497 e. The van der Waals surface area contributed by atoms with E-state index in [-0.39, 0.29) is 0 Å². The maximum atomic E-state index is 5.71. The molecule has 0 unspecified atom stereocenters. The van der Waals surface area contributed by atoms with Gasteiger partial charge in [-0.15, -0.1) is 0 Å². The van der Waals surface area contributed by atoms with E-state index in [1.807, 2.05) is 42.5 Å². The van der Waals surface area contributed by atoms with Gasteiger partial charge < -0.3 is 20.1 Å². The van der Waals surface area contributed by atoms with E-state index in [1.165, 1.54) is 5.56 Å². The minimum absolute atomic E-state index is 0.573. The molecular formula is C19H25N3O2. The van der Waals surface area contributed by atoms with Crippen LogP contribution in [0.5, 0.6) is 11.5 Å². The van der Waals surface area contributed by atoms with Crippen molar-refractivity contribution in [2.75, 3.05) is 27.3 Å². The number of aryl methyl sites for hydroxylation is 1. The Balaban J connectivity index is 1.72. The molecule has 0 radical (unpaired) electrons. The van der Waals surface area contributed by atoms with E-state index < -0.39 is 0 Å². The first-order valence-corrected chi connectivity index (χ1v) is 7.98. The topological polar surface area (TPSA) is 54.9 Å². The van der Waals surface area contributed by atoms with E-state index in [0.717, 1.165) is 23.0 Å². The van der Waals surface area contributed by atoms with E-state index >= 15 is 0 Å². The predicted molar refractivity (Wildman–Crippen MR) is 97.9 cm³/mol. The number of hydrogen-bond acceptors (Lipinski definition) is 3. The zero-order chi connectivity index (χ0) is 17.2. The lowest BCUT2D eigenvalue weighted by atomic mass is 10.2. The summed E-state index contributed by atoms with van der Waals surface area (Å²) in [7, 11) is 3.42. The number of ether oxygens (including phenoxy) is 2. The van der Waals surface area contributed by atoms with Crippen LogP contribution in [0.15, 0.2) is 53.5 Å². The third-order valence-corrected chi connectivity index (χ3v) is 3.47. The molecule has 2 N–H and O–H groups in total. The number of aliphatic imine (C=N–C) groups is 1. The highest BCUT2D eigenvalue weighted by molar-refractivity contribution is 5.79. The Hall–Kier alpha value is -2.69. The minimum atomic E-state index is 0.573. The van der Waals surface area contributed by atoms with Gasteiger partial charge >= 0.3 is 0 Å². The van der Waals surface area contributed by atoms with Gasteiger partial charge in [-0.2, -0.15) is 0 Å². The third-order valence-electron chi connectivity index (χ3n) is 3.47. The molecule has 2 aromatic rings. The molecule has 0 aliphatic carbocycles. The van der Waals surface area contributed by atoms with E-state index in [9.17, 15) is 0 Å². The number of rotatable bonds is 7. The second-order valence-electron chi connectivity index (χ2n) is 5.37. The standard InChI is InChI=1S/C19H25N3O2/c1-15-6-4-9-18(12-15)24-11-10-21-19(20-2)22-14-16-7-5-8-17(13-16)23-3/h4-9,12-13H,10-11,14H2,1-3H3,(H2,20,21,22). The first kappa shape index (κ1) is 17.7. The molecule has 0 atom stereocenters. The van der Waals surface area contributed by atoms with Crippen molar-refractivity contribution in [2.24, 2.45) is 4.99 Å². The Bertz CT molecular complexity index is 671. The highest BCUT2D eigenvalue weighted by atomic mass is 16.5. The Labute approximate surface area is 143 Å². The van der Waals surface area contributed by atoms with Crippen LogP contribution in [0.3, 0.4) is 0 Å². The molecule has 5 nitrogen and oxygen atoms in total. The monoisotopic (exact) mass is 327 g/mol. The molecule has 0 bridgehead atoms. The number of nitrogens with one attached hydrogen (secondary N) is 2. The van der Waals surface area contributed by atoms with Crippen LogP contribution in [-0.4, -0.2) is 33.3 Å². The van der Waals surface area contributed by atoms with Crippen LogP contribution < -0.4 is 20.1 Å². The van der Waals surface area contributed by atoms with Crippen LogP contribution in [0, 0.1) is 6.92 Å². The summed E-state index contributed by atoms with van der Waals surface area (Å²) < 4.78 is 10.9. The van der Waals surface area contributed by atoms with Crippen LogP contribution in [0.25, 0.3) is 0 Å². The fourth-order valence-electron chi connectivity index (χ4n) is 2.23. The van der Waals surface area contributed by atoms with Crippen molar-refractivity contribution in [2.45, 2.75) is 13.5 Å². The van der Waals surface area contributed by atoms with Gasteiger partial charge in [-0.25, -0.2) is 0 Å². The number of nitrogens with zero attached hydrogens (tertiary/aromatic N) is 1. The van der Waals surface area contributed by atoms with E-state index in [0.29, 0.717) is 19.7 Å². The number of guanidine groups is 1. The highest BCUT2D eigenvalue weighted by Gasteiger charge is 2.00. The fourth-order valence-corrected chi connectivity index (χ4v) is 2.23. The van der Waals surface area contributed by atoms with Gasteiger partial charge in [-0.1, -0.05) is 24.3 Å². The van der Waals surface area contributed by atoms with Gasteiger partial charge in [0.05, 0.1) is 13.7 Å². The van der Waals surface area contributed by atoms with Crippen LogP contribution in [0.4, 0.5) is 0 Å². The van der Waals surface area contributed by atoms with Gasteiger partial charge in [0.25, 0.3) is 0 Å². The molecule has 24 heavy (non-hydrogen) atoms. The quantitative estimate of drug-likeness (QED) is 0.466. The molecule has 0 spiro atoms. The first-order valence-electron chi connectivity index (χ1n) is 7.98. The Morgan fingerprint density at radius 1 is 1.04 bits per heavy atom. The molecule has 0 amide bonds. The highest BCUT2D eigenvalue weighted by Crippen LogP contribution is 2.12. The molecule has 128 valence electrons. The number of hydrogen-bond donors (Lipinski definition) is 2. The van der Waals surface area contributed by atoms with Crippen LogP contribution in [0.1, 0.15) is 11.1 Å². The normalized spacial score (nSPS) is 11.0. The second-order valence-corrected chi connectivity index (χ2v) is 5.37. The zero-order valence-corrected chi connectivity index (χ0v) is 14.5. The van der Waals surface area contributed by atoms with Crippen molar-refractivity contribution in [3.05, 3.63) is 59.7 Å². The van der Waals surface area contributed by atoms with Crippen LogP contribution in [0.2, 0.25) is 0 Å². The molecule has 0 aliphatic heterocycles. The molecule has 0 aliphatic rings. The van der Waals surface area contributed by atoms with Gasteiger partial charge in [0.1, 0.15) is 18.1 Å². The summed E-state index contributed by atoms with van der Waals surface area (Å²) in [6.07, 6.45) is 0. The molecule has 0 fully saturated rings. The van der Waals surface area contributed by atoms with Crippen molar-refractivity contribution in [3.63, 3.8) is 0 Å². The molecule has 2 aromatic carbocycles. The van der Waals surface area contributed by atoms with E-state index in [2.05, 4.69) is 28.6 Å². The predicted octanol–water partition coefficient (Wildman–Crippen LogP) is 2.75. The maximum absolute atomic E-state index is 5.71. The lowest BCUT2D eigenvalue weighted by molar-refractivity contribution is 0.321. The van der Waals surface area contributed by atoms with Gasteiger partial charge in [0.2, 0.25) is 0 Å². The summed E-state index contributed by atoms with van der Waals surface area (Å²) in [4.78, 5) is 4.21. The number of methoxy groups -OCH3 is 1. The van der Waals surface area contributed by atoms with Crippen molar-refractivity contribution < 1.29 is 9.47 Å². The molecule has 5 heteroatoms. The summed E-state index contributed by atoms with van der Waals surface area (Å²) >= 11 is 0. The molecule has 0 heterocycles. The van der Waals surface area contributed by atoms with Crippen molar-refractivity contribution in [1.29, 1.82) is 0 Å². The molecule has 0 saturated carbocycles. The maximum Gasteiger partial charge on any atom is 0.191 e. The van der Waals surface area contributed by atoms with Crippen LogP contribution >= 0.6 is 0 Å². The lowest BCUT2D eigenvalue weighted by Gasteiger charge is -2.13. The Kier molecular flexibility index (Phi) is 6.95. The lowest BCUT2D eigenvalue weighted by Crippen LogP contribution is -2.38. The summed E-state index contributed by atoms with van der Waals surface area (Å²) in [5, 5.41) is 6.51. The smallest absolute Gasteiger partial charge is 0.191 e. The molecular weight excluding hydrogens is 302 g/mol. The Morgan fingerprint density at radius 2 is 1.83 bits per heavy atom. The summed E-state index contributed by atoms with van der Waals surface area (Å²) in [6.45, 7) is 3.97. The largest absolute Gasteiger partial charge is 0.497 e. The van der Waals surface area contributed by atoms with E-state index in [4.69, 9.17) is 9.47 Å². The van der Waals surface area contributed by atoms with E-state index in [1.54, 1.807) is 14.2 Å². The van der Waals surface area contributed by atoms with Crippen molar-refractivity contribution in [3.8, 4) is 11.5 Å². The Morgan fingerprint density at radius 3 is 2.58 bits per heavy atom. The van der Waals surface area contributed by atoms with Gasteiger partial charge in [-0.3, -0.25) is 4.99 Å². The van der Waals surface area contributed by atoms with Gasteiger partial charge in [0.15, 0.2) is 5.96 Å². The summed E-state index contributed by atoms with van der Waals surface area (Å²) in [6, 6.07) is 16.0. The molecule has 2 rings (SSSR count). The summed E-state index contributed by atoms with van der Waals surface area (Å²) in [5.74, 6) is 2.48. The third kappa shape index (κ3) is 5.83. The molecule has 0 aromatic heterocycles. The van der Waals surface area contributed by atoms with Gasteiger partial charge in [0, 0.05) is 13.6 Å². The SMILES string of the molecule is CN=C(NCCOc1cccc(C)c1)NCc1cccc(OC)c1. The second kappa shape index (κ2) is 9.45. The fraction of sp³-hybridized carbons (Fsp3) is 0.316. The summed E-state index contributed by atoms with van der Waals surface area (Å²) in [5.41, 5.74) is 2.32. The molecule has 0 saturated heterocycles. The number of benzene rings is 2. The van der Waals surface area contributed by atoms with Gasteiger partial charge in [-0.05, 0) is 42.3 Å². The zero-order valence-electron chi connectivity index (χ0n) is 14.5. The first-order chi connectivity index (χ1) is 11.7. The van der Waals surface area contributed by atoms with Crippen molar-refractivity contribution in [1.82, 2.24) is 10.6 Å². The average Bonchev–Trinajstić information content (AvgIpc) is 2.61. The average molecular weight is 327 g/mol.